The van der Waals surface area contributed by atoms with Crippen molar-refractivity contribution >= 4 is 34.3 Å². The molecule has 2 N–H and O–H groups in total. The van der Waals surface area contributed by atoms with Crippen molar-refractivity contribution in [3.8, 4) is 5.69 Å². The largest absolute Gasteiger partial charge is 0.379 e. The van der Waals surface area contributed by atoms with Gasteiger partial charge in [0.1, 0.15) is 6.33 Å². The predicted molar refractivity (Wildman–Crippen MR) is 126 cm³/mol. The molecule has 5 heterocycles. The Morgan fingerprint density at radius 1 is 0.906 bits per heavy atom. The van der Waals surface area contributed by atoms with Crippen LogP contribution < -0.4 is 10.6 Å². The smallest absolute Gasteiger partial charge is 0.226 e. The Bertz CT molecular complexity index is 983. The van der Waals surface area contributed by atoms with Crippen LogP contribution in [0.1, 0.15) is 0 Å². The minimum atomic E-state index is 0.622. The topological polar surface area (TPSA) is 92.6 Å². The number of rotatable bonds is 9. The lowest BCUT2D eigenvalue weighted by Gasteiger charge is -2.26. The molecule has 3 aromatic heterocycles. The van der Waals surface area contributed by atoms with Gasteiger partial charge in [0.2, 0.25) is 5.95 Å². The SMILES string of the molecule is c1cc(-n2cnc3c(NCCN4CCOCC4)nc(NCCN4CCOCC4)nc32)cs1. The average Bonchev–Trinajstić information content (AvgIpc) is 3.50. The lowest BCUT2D eigenvalue weighted by atomic mass is 10.4. The van der Waals surface area contributed by atoms with Gasteiger partial charge in [0.25, 0.3) is 0 Å². The number of hydrogen-bond donors (Lipinski definition) is 2. The molecule has 10 nitrogen and oxygen atoms in total. The first kappa shape index (κ1) is 21.5. The van der Waals surface area contributed by atoms with E-state index in [-0.39, 0.29) is 0 Å². The molecule has 0 spiro atoms. The molecule has 11 heteroatoms. The number of hydrogen-bond acceptors (Lipinski definition) is 10. The Morgan fingerprint density at radius 3 is 2.25 bits per heavy atom. The van der Waals surface area contributed by atoms with E-state index in [1.165, 1.54) is 0 Å². The highest BCUT2D eigenvalue weighted by atomic mass is 32.1. The molecular formula is C21H30N8O2S. The molecule has 0 bridgehead atoms. The van der Waals surface area contributed by atoms with Gasteiger partial charge in [-0.1, -0.05) is 0 Å². The summed E-state index contributed by atoms with van der Waals surface area (Å²) in [5.41, 5.74) is 2.66. The van der Waals surface area contributed by atoms with Crippen LogP contribution in [0.3, 0.4) is 0 Å². The second-order valence-corrected chi connectivity index (χ2v) is 8.71. The van der Waals surface area contributed by atoms with E-state index in [0.29, 0.717) is 5.95 Å². The third kappa shape index (κ3) is 5.18. The van der Waals surface area contributed by atoms with E-state index in [1.807, 2.05) is 10.9 Å². The highest BCUT2D eigenvalue weighted by molar-refractivity contribution is 7.08. The summed E-state index contributed by atoms with van der Waals surface area (Å²) in [4.78, 5) is 19.0. The highest BCUT2D eigenvalue weighted by Gasteiger charge is 2.16. The van der Waals surface area contributed by atoms with E-state index in [4.69, 9.17) is 19.4 Å². The van der Waals surface area contributed by atoms with E-state index in [9.17, 15) is 0 Å². The summed E-state index contributed by atoms with van der Waals surface area (Å²) in [5, 5.41) is 11.1. The monoisotopic (exact) mass is 458 g/mol. The normalized spacial score (nSPS) is 18.2. The summed E-state index contributed by atoms with van der Waals surface area (Å²) in [6.45, 7) is 10.6. The van der Waals surface area contributed by atoms with Crippen LogP contribution in [0.5, 0.6) is 0 Å². The number of aromatic nitrogens is 4. The van der Waals surface area contributed by atoms with E-state index in [2.05, 4.69) is 42.2 Å². The fraction of sp³-hybridized carbons (Fsp3) is 0.571. The average molecular weight is 459 g/mol. The van der Waals surface area contributed by atoms with Crippen molar-refractivity contribution in [3.05, 3.63) is 23.2 Å². The van der Waals surface area contributed by atoms with Gasteiger partial charge in [-0.2, -0.15) is 21.3 Å². The maximum atomic E-state index is 5.44. The lowest BCUT2D eigenvalue weighted by molar-refractivity contribution is 0.0398. The Hall–Kier alpha value is -2.31. The van der Waals surface area contributed by atoms with Crippen LogP contribution in [-0.2, 0) is 9.47 Å². The fourth-order valence-electron chi connectivity index (χ4n) is 3.99. The highest BCUT2D eigenvalue weighted by Crippen LogP contribution is 2.24. The van der Waals surface area contributed by atoms with Crippen LogP contribution >= 0.6 is 11.3 Å². The van der Waals surface area contributed by atoms with Gasteiger partial charge in [-0.05, 0) is 11.4 Å². The van der Waals surface area contributed by atoms with Crippen LogP contribution in [0.2, 0.25) is 0 Å². The van der Waals surface area contributed by atoms with Crippen LogP contribution in [0, 0.1) is 0 Å². The van der Waals surface area contributed by atoms with Gasteiger partial charge < -0.3 is 20.1 Å². The van der Waals surface area contributed by atoms with Crippen LogP contribution in [0.4, 0.5) is 11.8 Å². The van der Waals surface area contributed by atoms with Gasteiger partial charge in [-0.25, -0.2) is 4.98 Å². The summed E-state index contributed by atoms with van der Waals surface area (Å²) < 4.78 is 12.9. The standard InChI is InChI=1S/C21H30N8O2S/c1-14-32-15-17(1)29-16-24-18-19(22-2-4-27-6-10-30-11-7-27)25-21(26-20(18)29)23-3-5-28-8-12-31-13-9-28/h1,14-16H,2-13H2,(H2,22,23,25,26). The van der Waals surface area contributed by atoms with E-state index < -0.39 is 0 Å². The van der Waals surface area contributed by atoms with E-state index in [0.717, 1.165) is 101 Å². The zero-order valence-electron chi connectivity index (χ0n) is 18.2. The third-order valence-corrected chi connectivity index (χ3v) is 6.49. The van der Waals surface area contributed by atoms with Crippen LogP contribution in [0.25, 0.3) is 16.9 Å². The second-order valence-electron chi connectivity index (χ2n) is 7.93. The Balaban J connectivity index is 1.31. The van der Waals surface area contributed by atoms with Crippen molar-refractivity contribution < 1.29 is 9.47 Å². The Morgan fingerprint density at radius 2 is 1.59 bits per heavy atom. The maximum absolute atomic E-state index is 5.44. The molecule has 2 aliphatic heterocycles. The summed E-state index contributed by atoms with van der Waals surface area (Å²) in [5.74, 6) is 1.39. The summed E-state index contributed by atoms with van der Waals surface area (Å²) in [7, 11) is 0. The molecule has 2 aliphatic rings. The van der Waals surface area contributed by atoms with Gasteiger partial charge >= 0.3 is 0 Å². The van der Waals surface area contributed by atoms with Crippen molar-refractivity contribution in [2.75, 3.05) is 89.4 Å². The molecular weight excluding hydrogens is 428 g/mol. The molecule has 0 aromatic carbocycles. The summed E-state index contributed by atoms with van der Waals surface area (Å²) in [6.07, 6.45) is 1.83. The van der Waals surface area contributed by atoms with Crippen molar-refractivity contribution in [1.29, 1.82) is 0 Å². The molecule has 0 unspecified atom stereocenters. The predicted octanol–water partition coefficient (Wildman–Crippen LogP) is 1.37. The number of thiophene rings is 1. The fourth-order valence-corrected chi connectivity index (χ4v) is 4.62. The molecule has 2 fully saturated rings. The van der Waals surface area contributed by atoms with E-state index >= 15 is 0 Å². The Kier molecular flexibility index (Phi) is 7.09. The zero-order valence-corrected chi connectivity index (χ0v) is 19.0. The molecule has 172 valence electrons. The maximum Gasteiger partial charge on any atom is 0.226 e. The molecule has 0 atom stereocenters. The number of ether oxygens (including phenoxy) is 2. The first-order valence-electron chi connectivity index (χ1n) is 11.2. The van der Waals surface area contributed by atoms with Crippen molar-refractivity contribution in [1.82, 2.24) is 29.3 Å². The Labute approximate surface area is 191 Å². The number of imidazole rings is 1. The van der Waals surface area contributed by atoms with Crippen molar-refractivity contribution in [2.24, 2.45) is 0 Å². The number of nitrogens with one attached hydrogen (secondary N) is 2. The van der Waals surface area contributed by atoms with Gasteiger partial charge in [0, 0.05) is 57.7 Å². The summed E-state index contributed by atoms with van der Waals surface area (Å²) >= 11 is 1.66. The van der Waals surface area contributed by atoms with Crippen LogP contribution in [0.15, 0.2) is 23.2 Å². The van der Waals surface area contributed by atoms with Crippen molar-refractivity contribution in [2.45, 2.75) is 0 Å². The lowest BCUT2D eigenvalue weighted by Crippen LogP contribution is -2.39. The molecule has 3 aromatic rings. The minimum Gasteiger partial charge on any atom is -0.379 e. The zero-order chi connectivity index (χ0) is 21.6. The van der Waals surface area contributed by atoms with Crippen molar-refractivity contribution in [3.63, 3.8) is 0 Å². The number of morpholine rings is 2. The first-order chi connectivity index (χ1) is 15.9. The molecule has 5 rings (SSSR count). The van der Waals surface area contributed by atoms with Gasteiger partial charge in [0.15, 0.2) is 17.0 Å². The van der Waals surface area contributed by atoms with Gasteiger partial charge in [-0.3, -0.25) is 14.4 Å². The van der Waals surface area contributed by atoms with Gasteiger partial charge in [0.05, 0.1) is 32.1 Å². The minimum absolute atomic E-state index is 0.622. The third-order valence-electron chi connectivity index (χ3n) is 5.82. The van der Waals surface area contributed by atoms with Gasteiger partial charge in [-0.15, -0.1) is 0 Å². The molecule has 0 saturated carbocycles. The number of nitrogens with zero attached hydrogens (tertiary/aromatic N) is 6. The first-order valence-corrected chi connectivity index (χ1v) is 12.2. The van der Waals surface area contributed by atoms with E-state index in [1.54, 1.807) is 11.3 Å². The number of anilines is 2. The molecule has 0 radical (unpaired) electrons. The molecule has 32 heavy (non-hydrogen) atoms. The molecule has 0 amide bonds. The summed E-state index contributed by atoms with van der Waals surface area (Å²) in [6, 6.07) is 2.07. The van der Waals surface area contributed by atoms with Crippen LogP contribution in [-0.4, -0.2) is 108 Å². The quantitative estimate of drug-likeness (QED) is 0.493. The second kappa shape index (κ2) is 10.5. The number of fused-ring (bicyclic) bond motifs is 1. The molecule has 2 saturated heterocycles. The molecule has 0 aliphatic carbocycles.